The summed E-state index contributed by atoms with van der Waals surface area (Å²) in [7, 11) is -3.67. The van der Waals surface area contributed by atoms with Gasteiger partial charge in [-0.2, -0.15) is 4.31 Å². The Morgan fingerprint density at radius 2 is 1.82 bits per heavy atom. The van der Waals surface area contributed by atoms with E-state index < -0.39 is 15.9 Å². The molecule has 1 N–H and O–H groups in total. The number of rotatable bonds is 9. The highest BCUT2D eigenvalue weighted by molar-refractivity contribution is 7.89. The van der Waals surface area contributed by atoms with E-state index in [0.717, 1.165) is 11.1 Å². The van der Waals surface area contributed by atoms with Gasteiger partial charge in [-0.1, -0.05) is 13.8 Å². The molecule has 2 aromatic carbocycles. The Balaban J connectivity index is 1.76. The maximum absolute atomic E-state index is 13.0. The minimum Gasteiger partial charge on any atom is -0.486 e. The third-order valence-electron chi connectivity index (χ3n) is 5.19. The minimum absolute atomic E-state index is 0.135. The van der Waals surface area contributed by atoms with Gasteiger partial charge in [-0.25, -0.2) is 17.8 Å². The van der Waals surface area contributed by atoms with Crippen LogP contribution in [0.3, 0.4) is 0 Å². The number of anilines is 1. The predicted molar refractivity (Wildman–Crippen MR) is 127 cm³/mol. The van der Waals surface area contributed by atoms with E-state index in [1.165, 1.54) is 46.0 Å². The van der Waals surface area contributed by atoms with Crippen LogP contribution in [-0.4, -0.2) is 36.7 Å². The molecule has 0 fully saturated rings. The number of aryl methyl sites for hydroxylation is 1. The van der Waals surface area contributed by atoms with Gasteiger partial charge in [-0.15, -0.1) is 11.3 Å². The Morgan fingerprint density at radius 3 is 2.45 bits per heavy atom. The molecule has 3 aromatic rings. The Hall–Kier alpha value is -2.82. The molecule has 0 aliphatic carbocycles. The fourth-order valence-corrected chi connectivity index (χ4v) is 5.42. The molecule has 1 heterocycles. The van der Waals surface area contributed by atoms with E-state index in [1.807, 2.05) is 6.92 Å². The smallest absolute Gasteiger partial charge is 0.275 e. The molecule has 0 saturated carbocycles. The molecule has 33 heavy (non-hydrogen) atoms. The summed E-state index contributed by atoms with van der Waals surface area (Å²) in [5.74, 6) is -0.302. The summed E-state index contributed by atoms with van der Waals surface area (Å²) in [6, 6.07) is 8.73. The van der Waals surface area contributed by atoms with E-state index in [4.69, 9.17) is 4.74 Å². The zero-order valence-corrected chi connectivity index (χ0v) is 20.5. The quantitative estimate of drug-likeness (QED) is 0.466. The molecule has 176 valence electrons. The van der Waals surface area contributed by atoms with Gasteiger partial charge in [-0.05, 0) is 61.4 Å². The normalized spacial score (nSPS) is 11.6. The van der Waals surface area contributed by atoms with Crippen molar-refractivity contribution < 1.29 is 22.3 Å². The Kier molecular flexibility index (Phi) is 7.83. The molecule has 0 radical (unpaired) electrons. The average molecular weight is 492 g/mol. The molecule has 0 aliphatic heterocycles. The van der Waals surface area contributed by atoms with Crippen LogP contribution < -0.4 is 10.1 Å². The predicted octanol–water partition coefficient (Wildman–Crippen LogP) is 4.76. The van der Waals surface area contributed by atoms with Crippen LogP contribution in [0.5, 0.6) is 5.75 Å². The lowest BCUT2D eigenvalue weighted by Gasteiger charge is -2.20. The lowest BCUT2D eigenvalue weighted by atomic mass is 10.1. The monoisotopic (exact) mass is 491 g/mol. The standard InChI is InChI=1S/C23H26FN3O4S2/c1-5-27(6-2)33(29,30)19-11-15(3)16(4)20(12-19)26-23(28)21-14-32-22(25-21)13-31-18-9-7-17(24)8-10-18/h7-12,14H,5-6,13H2,1-4H3,(H,26,28). The number of amides is 1. The van der Waals surface area contributed by atoms with E-state index in [1.54, 1.807) is 32.2 Å². The number of hydrogen-bond donors (Lipinski definition) is 1. The fraction of sp³-hybridized carbons (Fsp3) is 0.304. The maximum Gasteiger partial charge on any atom is 0.275 e. The molecule has 0 bridgehead atoms. The van der Waals surface area contributed by atoms with Gasteiger partial charge in [0, 0.05) is 24.2 Å². The molecular formula is C23H26FN3O4S2. The average Bonchev–Trinajstić information content (AvgIpc) is 3.26. The lowest BCUT2D eigenvalue weighted by Crippen LogP contribution is -2.30. The zero-order chi connectivity index (χ0) is 24.2. The Morgan fingerprint density at radius 1 is 1.15 bits per heavy atom. The van der Waals surface area contributed by atoms with Crippen LogP contribution >= 0.6 is 11.3 Å². The molecule has 0 saturated heterocycles. The summed E-state index contributed by atoms with van der Waals surface area (Å²) in [6.07, 6.45) is 0. The fourth-order valence-electron chi connectivity index (χ4n) is 3.16. The summed E-state index contributed by atoms with van der Waals surface area (Å²) >= 11 is 1.26. The third kappa shape index (κ3) is 5.76. The van der Waals surface area contributed by atoms with Crippen LogP contribution in [0.2, 0.25) is 0 Å². The Bertz CT molecular complexity index is 1240. The van der Waals surface area contributed by atoms with Gasteiger partial charge in [0.1, 0.15) is 28.9 Å². The van der Waals surface area contributed by atoms with Crippen molar-refractivity contribution in [2.75, 3.05) is 18.4 Å². The second-order valence-corrected chi connectivity index (χ2v) is 10.2. The number of hydrogen-bond acceptors (Lipinski definition) is 6. The van der Waals surface area contributed by atoms with Gasteiger partial charge in [0.25, 0.3) is 5.91 Å². The first kappa shape index (κ1) is 24.8. The number of ether oxygens (including phenoxy) is 1. The molecule has 0 atom stereocenters. The summed E-state index contributed by atoms with van der Waals surface area (Å²) in [4.78, 5) is 17.2. The first-order chi connectivity index (χ1) is 15.6. The van der Waals surface area contributed by atoms with Crippen LogP contribution in [0.15, 0.2) is 46.7 Å². The van der Waals surface area contributed by atoms with Crippen molar-refractivity contribution in [3.05, 3.63) is 69.4 Å². The summed E-state index contributed by atoms with van der Waals surface area (Å²) in [6.45, 7) is 8.04. The third-order valence-corrected chi connectivity index (χ3v) is 8.04. The van der Waals surface area contributed by atoms with Crippen molar-refractivity contribution in [1.29, 1.82) is 0 Å². The van der Waals surface area contributed by atoms with Crippen molar-refractivity contribution >= 4 is 33.0 Å². The number of halogens is 1. The highest BCUT2D eigenvalue weighted by Gasteiger charge is 2.24. The molecule has 0 spiro atoms. The summed E-state index contributed by atoms with van der Waals surface area (Å²) in [5.41, 5.74) is 2.15. The van der Waals surface area contributed by atoms with E-state index in [0.29, 0.717) is 29.5 Å². The number of aromatic nitrogens is 1. The molecule has 0 unspecified atom stereocenters. The maximum atomic E-state index is 13.0. The summed E-state index contributed by atoms with van der Waals surface area (Å²) in [5, 5.41) is 4.98. The molecular weight excluding hydrogens is 465 g/mol. The van der Waals surface area contributed by atoms with Crippen LogP contribution in [0.25, 0.3) is 0 Å². The van der Waals surface area contributed by atoms with Crippen LogP contribution in [0.1, 0.15) is 40.5 Å². The number of thiazole rings is 1. The van der Waals surface area contributed by atoms with Crippen molar-refractivity contribution in [2.45, 2.75) is 39.2 Å². The highest BCUT2D eigenvalue weighted by Crippen LogP contribution is 2.27. The van der Waals surface area contributed by atoms with Crippen molar-refractivity contribution in [3.63, 3.8) is 0 Å². The zero-order valence-electron chi connectivity index (χ0n) is 18.9. The van der Waals surface area contributed by atoms with Gasteiger partial charge in [-0.3, -0.25) is 4.79 Å². The topological polar surface area (TPSA) is 88.6 Å². The van der Waals surface area contributed by atoms with Gasteiger partial charge in [0.15, 0.2) is 0 Å². The van der Waals surface area contributed by atoms with Gasteiger partial charge >= 0.3 is 0 Å². The van der Waals surface area contributed by atoms with E-state index in [-0.39, 0.29) is 23.0 Å². The van der Waals surface area contributed by atoms with Crippen LogP contribution in [-0.2, 0) is 16.6 Å². The molecule has 1 amide bonds. The Labute approximate surface area is 197 Å². The number of benzene rings is 2. The molecule has 0 aliphatic rings. The van der Waals surface area contributed by atoms with Crippen LogP contribution in [0.4, 0.5) is 10.1 Å². The SMILES string of the molecule is CCN(CC)S(=O)(=O)c1cc(C)c(C)c(NC(=O)c2csc(COc3ccc(F)cc3)n2)c1. The number of carbonyl (C=O) groups is 1. The minimum atomic E-state index is -3.67. The highest BCUT2D eigenvalue weighted by atomic mass is 32.2. The largest absolute Gasteiger partial charge is 0.486 e. The second kappa shape index (κ2) is 10.4. The number of nitrogens with one attached hydrogen (secondary N) is 1. The second-order valence-electron chi connectivity index (χ2n) is 7.33. The number of nitrogens with zero attached hydrogens (tertiary/aromatic N) is 2. The molecule has 3 rings (SSSR count). The van der Waals surface area contributed by atoms with Crippen LogP contribution in [0, 0.1) is 19.7 Å². The first-order valence-electron chi connectivity index (χ1n) is 10.4. The van der Waals surface area contributed by atoms with Gasteiger partial charge in [0.2, 0.25) is 10.0 Å². The first-order valence-corrected chi connectivity index (χ1v) is 12.7. The molecule has 1 aromatic heterocycles. The summed E-state index contributed by atoms with van der Waals surface area (Å²) < 4.78 is 45.8. The number of carbonyl (C=O) groups excluding carboxylic acids is 1. The van der Waals surface area contributed by atoms with E-state index in [2.05, 4.69) is 10.3 Å². The van der Waals surface area contributed by atoms with E-state index in [9.17, 15) is 17.6 Å². The van der Waals surface area contributed by atoms with Crippen molar-refractivity contribution in [2.24, 2.45) is 0 Å². The van der Waals surface area contributed by atoms with Gasteiger partial charge in [0.05, 0.1) is 4.90 Å². The van der Waals surface area contributed by atoms with Gasteiger partial charge < -0.3 is 10.1 Å². The van der Waals surface area contributed by atoms with Crippen molar-refractivity contribution in [3.8, 4) is 5.75 Å². The number of sulfonamides is 1. The van der Waals surface area contributed by atoms with Crippen molar-refractivity contribution in [1.82, 2.24) is 9.29 Å². The lowest BCUT2D eigenvalue weighted by molar-refractivity contribution is 0.102. The van der Waals surface area contributed by atoms with E-state index >= 15 is 0 Å². The molecule has 7 nitrogen and oxygen atoms in total. The molecule has 10 heteroatoms.